The fourth-order valence-corrected chi connectivity index (χ4v) is 2.13. The monoisotopic (exact) mass is 304 g/mol. The van der Waals surface area contributed by atoms with Gasteiger partial charge in [-0.05, 0) is 6.42 Å². The normalized spacial score (nSPS) is 12.3. The van der Waals surface area contributed by atoms with E-state index in [9.17, 15) is 4.79 Å². The second-order valence-corrected chi connectivity index (χ2v) is 5.37. The van der Waals surface area contributed by atoms with Crippen molar-refractivity contribution in [1.82, 2.24) is 0 Å². The van der Waals surface area contributed by atoms with Crippen LogP contribution in [-0.2, 0) is 14.3 Å². The summed E-state index contributed by atoms with van der Waals surface area (Å²) in [6.45, 7) is 1.52. The largest absolute Gasteiger partial charge is 0.457 e. The van der Waals surface area contributed by atoms with Crippen molar-refractivity contribution in [1.29, 1.82) is 0 Å². The molecule has 0 aliphatic heterocycles. The molecule has 1 atom stereocenters. The first-order valence-corrected chi connectivity index (χ1v) is 8.23. The first-order chi connectivity index (χ1) is 10.2. The van der Waals surface area contributed by atoms with E-state index in [-0.39, 0.29) is 19.2 Å². The SMILES string of the molecule is CCCCCCCCCCCC(=O)O[C@@H](CO)COCO. The molecule has 0 spiro atoms. The summed E-state index contributed by atoms with van der Waals surface area (Å²) in [5, 5.41) is 17.5. The lowest BCUT2D eigenvalue weighted by atomic mass is 10.1. The van der Waals surface area contributed by atoms with Crippen molar-refractivity contribution in [3.8, 4) is 0 Å². The Morgan fingerprint density at radius 1 is 0.952 bits per heavy atom. The zero-order valence-corrected chi connectivity index (χ0v) is 13.4. The molecule has 0 saturated heterocycles. The van der Waals surface area contributed by atoms with E-state index in [1.165, 1.54) is 38.5 Å². The van der Waals surface area contributed by atoms with Crippen molar-refractivity contribution in [2.24, 2.45) is 0 Å². The van der Waals surface area contributed by atoms with E-state index in [2.05, 4.69) is 6.92 Å². The number of aliphatic hydroxyl groups is 2. The zero-order valence-electron chi connectivity index (χ0n) is 13.4. The second-order valence-electron chi connectivity index (χ2n) is 5.37. The molecule has 0 bridgehead atoms. The van der Waals surface area contributed by atoms with Gasteiger partial charge < -0.3 is 19.7 Å². The van der Waals surface area contributed by atoms with E-state index in [0.29, 0.717) is 6.42 Å². The van der Waals surface area contributed by atoms with E-state index in [4.69, 9.17) is 19.7 Å². The van der Waals surface area contributed by atoms with Crippen LogP contribution in [0.15, 0.2) is 0 Å². The van der Waals surface area contributed by atoms with Crippen LogP contribution in [-0.4, -0.2) is 42.3 Å². The lowest BCUT2D eigenvalue weighted by Gasteiger charge is -2.14. The fraction of sp³-hybridized carbons (Fsp3) is 0.938. The van der Waals surface area contributed by atoms with Crippen molar-refractivity contribution in [2.75, 3.05) is 20.0 Å². The number of carbonyl (C=O) groups excluding carboxylic acids is 1. The summed E-state index contributed by atoms with van der Waals surface area (Å²) in [7, 11) is 0. The minimum absolute atomic E-state index is 0.0243. The predicted octanol–water partition coefficient (Wildman–Crippen LogP) is 2.78. The molecule has 0 fully saturated rings. The van der Waals surface area contributed by atoms with Gasteiger partial charge in [-0.2, -0.15) is 0 Å². The molecule has 5 heteroatoms. The van der Waals surface area contributed by atoms with Crippen LogP contribution in [0.1, 0.15) is 71.1 Å². The minimum Gasteiger partial charge on any atom is -0.457 e. The van der Waals surface area contributed by atoms with Gasteiger partial charge in [-0.25, -0.2) is 0 Å². The molecule has 5 nitrogen and oxygen atoms in total. The molecule has 0 saturated carbocycles. The summed E-state index contributed by atoms with van der Waals surface area (Å²) in [6, 6.07) is 0. The lowest BCUT2D eigenvalue weighted by Crippen LogP contribution is -2.27. The van der Waals surface area contributed by atoms with Gasteiger partial charge in [-0.3, -0.25) is 4.79 Å². The zero-order chi connectivity index (χ0) is 15.8. The van der Waals surface area contributed by atoms with Gasteiger partial charge in [0.05, 0.1) is 13.2 Å². The van der Waals surface area contributed by atoms with Gasteiger partial charge in [0.1, 0.15) is 12.9 Å². The Labute approximate surface area is 128 Å². The standard InChI is InChI=1S/C16H32O5/c1-2-3-4-5-6-7-8-9-10-11-16(19)21-15(12-17)13-20-14-18/h15,17-18H,2-14H2,1H3/t15-/m0/s1. The summed E-state index contributed by atoms with van der Waals surface area (Å²) in [6.07, 6.45) is 10.5. The molecule has 0 rings (SSSR count). The number of ether oxygens (including phenoxy) is 2. The Hall–Kier alpha value is -0.650. The molecule has 0 aliphatic carbocycles. The van der Waals surface area contributed by atoms with Crippen molar-refractivity contribution < 1.29 is 24.5 Å². The number of carbonyl (C=O) groups is 1. The van der Waals surface area contributed by atoms with E-state index in [0.717, 1.165) is 19.3 Å². The lowest BCUT2D eigenvalue weighted by molar-refractivity contribution is -0.157. The first kappa shape index (κ1) is 20.3. The number of rotatable bonds is 15. The molecule has 0 radical (unpaired) electrons. The van der Waals surface area contributed by atoms with Crippen molar-refractivity contribution >= 4 is 5.97 Å². The Morgan fingerprint density at radius 2 is 1.52 bits per heavy atom. The number of aliphatic hydroxyl groups excluding tert-OH is 2. The Bertz CT molecular complexity index is 233. The molecule has 0 amide bonds. The quantitative estimate of drug-likeness (QED) is 0.276. The molecular weight excluding hydrogens is 272 g/mol. The van der Waals surface area contributed by atoms with Crippen LogP contribution in [0, 0.1) is 0 Å². The maximum atomic E-state index is 11.5. The molecular formula is C16H32O5. The third-order valence-corrected chi connectivity index (χ3v) is 3.38. The Morgan fingerprint density at radius 3 is 2.05 bits per heavy atom. The molecule has 0 unspecified atom stereocenters. The maximum absolute atomic E-state index is 11.5. The van der Waals surface area contributed by atoms with Gasteiger partial charge in [0.15, 0.2) is 0 Å². The highest BCUT2D eigenvalue weighted by Gasteiger charge is 2.13. The average Bonchev–Trinajstić information content (AvgIpc) is 2.49. The number of hydrogen-bond acceptors (Lipinski definition) is 5. The van der Waals surface area contributed by atoms with Crippen molar-refractivity contribution in [2.45, 2.75) is 77.2 Å². The van der Waals surface area contributed by atoms with Crippen LogP contribution in [0.3, 0.4) is 0 Å². The summed E-state index contributed by atoms with van der Waals surface area (Å²) in [5.41, 5.74) is 0. The van der Waals surface area contributed by atoms with Gasteiger partial charge in [0.25, 0.3) is 0 Å². The summed E-state index contributed by atoms with van der Waals surface area (Å²) < 4.78 is 9.75. The molecule has 0 aromatic heterocycles. The number of unbranched alkanes of at least 4 members (excludes halogenated alkanes) is 8. The van der Waals surface area contributed by atoms with E-state index in [1.807, 2.05) is 0 Å². The highest BCUT2D eigenvalue weighted by Crippen LogP contribution is 2.11. The van der Waals surface area contributed by atoms with Crippen LogP contribution in [0.5, 0.6) is 0 Å². The summed E-state index contributed by atoms with van der Waals surface area (Å²) in [5.74, 6) is -0.307. The van der Waals surface area contributed by atoms with Crippen LogP contribution in [0.25, 0.3) is 0 Å². The van der Waals surface area contributed by atoms with Crippen molar-refractivity contribution in [3.63, 3.8) is 0 Å². The van der Waals surface area contributed by atoms with Crippen molar-refractivity contribution in [3.05, 3.63) is 0 Å². The Balaban J connectivity index is 3.40. The average molecular weight is 304 g/mol. The topological polar surface area (TPSA) is 76.0 Å². The molecule has 2 N–H and O–H groups in total. The summed E-state index contributed by atoms with van der Waals surface area (Å²) in [4.78, 5) is 11.5. The van der Waals surface area contributed by atoms with Crippen LogP contribution in [0.4, 0.5) is 0 Å². The van der Waals surface area contributed by atoms with Gasteiger partial charge in [0.2, 0.25) is 0 Å². The molecule has 0 aromatic carbocycles. The van der Waals surface area contributed by atoms with E-state index in [1.54, 1.807) is 0 Å². The van der Waals surface area contributed by atoms with Crippen LogP contribution >= 0.6 is 0 Å². The molecule has 0 aromatic rings. The highest BCUT2D eigenvalue weighted by atomic mass is 16.6. The number of hydrogen-bond donors (Lipinski definition) is 2. The smallest absolute Gasteiger partial charge is 0.306 e. The number of esters is 1. The minimum atomic E-state index is -0.678. The van der Waals surface area contributed by atoms with Gasteiger partial charge in [0, 0.05) is 6.42 Å². The maximum Gasteiger partial charge on any atom is 0.306 e. The van der Waals surface area contributed by atoms with Crippen LogP contribution in [0.2, 0.25) is 0 Å². The van der Waals surface area contributed by atoms with Gasteiger partial charge in [-0.1, -0.05) is 58.3 Å². The third kappa shape index (κ3) is 14.1. The van der Waals surface area contributed by atoms with E-state index < -0.39 is 12.9 Å². The van der Waals surface area contributed by atoms with Crippen LogP contribution < -0.4 is 0 Å². The second kappa shape index (κ2) is 15.7. The van der Waals surface area contributed by atoms with Gasteiger partial charge >= 0.3 is 5.97 Å². The van der Waals surface area contributed by atoms with E-state index >= 15 is 0 Å². The molecule has 126 valence electrons. The predicted molar refractivity (Wildman–Crippen MR) is 81.8 cm³/mol. The molecule has 0 aliphatic rings. The fourth-order valence-electron chi connectivity index (χ4n) is 2.13. The first-order valence-electron chi connectivity index (χ1n) is 8.23. The molecule has 21 heavy (non-hydrogen) atoms. The molecule has 0 heterocycles. The summed E-state index contributed by atoms with van der Waals surface area (Å²) >= 11 is 0. The Kier molecular flexibility index (Phi) is 15.2. The third-order valence-electron chi connectivity index (χ3n) is 3.38. The highest BCUT2D eigenvalue weighted by molar-refractivity contribution is 5.69. The van der Waals surface area contributed by atoms with Gasteiger partial charge in [-0.15, -0.1) is 0 Å².